The fourth-order valence-corrected chi connectivity index (χ4v) is 1.79. The van der Waals surface area contributed by atoms with Gasteiger partial charge >= 0.3 is 0 Å². The van der Waals surface area contributed by atoms with E-state index in [-0.39, 0.29) is 22.3 Å². The van der Waals surface area contributed by atoms with Gasteiger partial charge in [0, 0.05) is 17.3 Å². The van der Waals surface area contributed by atoms with Gasteiger partial charge in [-0.3, -0.25) is 0 Å². The van der Waals surface area contributed by atoms with E-state index in [0.29, 0.717) is 0 Å². The van der Waals surface area contributed by atoms with Gasteiger partial charge in [-0.25, -0.2) is 22.0 Å². The SMILES string of the molecule is NC(=S)c1ccc(Nc2c(F)c(F)cc(F)c2F)cc1F. The summed E-state index contributed by atoms with van der Waals surface area (Å²) in [7, 11) is 0. The van der Waals surface area contributed by atoms with Crippen molar-refractivity contribution in [2.75, 3.05) is 5.32 Å². The van der Waals surface area contributed by atoms with E-state index in [2.05, 4.69) is 17.5 Å². The van der Waals surface area contributed by atoms with E-state index in [1.54, 1.807) is 0 Å². The molecule has 0 aliphatic heterocycles. The fourth-order valence-electron chi connectivity index (χ4n) is 1.62. The van der Waals surface area contributed by atoms with Crippen LogP contribution >= 0.6 is 12.2 Å². The molecule has 2 nitrogen and oxygen atoms in total. The van der Waals surface area contributed by atoms with Gasteiger partial charge in [-0.05, 0) is 18.2 Å². The van der Waals surface area contributed by atoms with Crippen LogP contribution in [0.3, 0.4) is 0 Å². The van der Waals surface area contributed by atoms with Crippen LogP contribution in [0, 0.1) is 29.1 Å². The maximum absolute atomic E-state index is 13.6. The van der Waals surface area contributed by atoms with Crippen molar-refractivity contribution in [3.8, 4) is 0 Å². The van der Waals surface area contributed by atoms with Crippen LogP contribution in [0.1, 0.15) is 5.56 Å². The molecule has 0 aromatic heterocycles. The van der Waals surface area contributed by atoms with Gasteiger partial charge in [0.2, 0.25) is 0 Å². The Balaban J connectivity index is 2.44. The van der Waals surface area contributed by atoms with Gasteiger partial charge in [0.15, 0.2) is 23.3 Å². The molecule has 2 rings (SSSR count). The predicted molar refractivity (Wildman–Crippen MR) is 71.8 cm³/mol. The summed E-state index contributed by atoms with van der Waals surface area (Å²) in [6.07, 6.45) is 0. The predicted octanol–water partition coefficient (Wildman–Crippen LogP) is 3.76. The lowest BCUT2D eigenvalue weighted by Crippen LogP contribution is -2.12. The number of nitrogens with two attached hydrogens (primary N) is 1. The Morgan fingerprint density at radius 1 is 0.905 bits per heavy atom. The molecule has 0 amide bonds. The molecule has 3 N–H and O–H groups in total. The Labute approximate surface area is 121 Å². The second-order valence-electron chi connectivity index (χ2n) is 4.03. The molecule has 0 saturated heterocycles. The maximum atomic E-state index is 13.6. The van der Waals surface area contributed by atoms with Crippen molar-refractivity contribution in [1.82, 2.24) is 0 Å². The first-order valence-electron chi connectivity index (χ1n) is 5.50. The van der Waals surface area contributed by atoms with Gasteiger partial charge in [-0.1, -0.05) is 12.2 Å². The van der Waals surface area contributed by atoms with Crippen LogP contribution in [0.25, 0.3) is 0 Å². The lowest BCUT2D eigenvalue weighted by Gasteiger charge is -2.11. The molecule has 0 saturated carbocycles. The van der Waals surface area contributed by atoms with E-state index in [1.165, 1.54) is 12.1 Å². The number of rotatable bonds is 3. The van der Waals surface area contributed by atoms with Crippen LogP contribution in [-0.2, 0) is 0 Å². The molecule has 0 spiro atoms. The van der Waals surface area contributed by atoms with E-state index < -0.39 is 34.8 Å². The topological polar surface area (TPSA) is 38.0 Å². The molecule has 0 aliphatic carbocycles. The van der Waals surface area contributed by atoms with Crippen molar-refractivity contribution in [3.05, 3.63) is 58.9 Å². The summed E-state index contributed by atoms with van der Waals surface area (Å²) in [4.78, 5) is -0.201. The van der Waals surface area contributed by atoms with E-state index in [1.807, 2.05) is 0 Å². The summed E-state index contributed by atoms with van der Waals surface area (Å²) >= 11 is 4.60. The number of thiocarbonyl (C=S) groups is 1. The summed E-state index contributed by atoms with van der Waals surface area (Å²) < 4.78 is 66.6. The van der Waals surface area contributed by atoms with Crippen LogP contribution in [0.4, 0.5) is 33.3 Å². The summed E-state index contributed by atoms with van der Waals surface area (Å²) in [5.41, 5.74) is 4.00. The third kappa shape index (κ3) is 2.94. The number of anilines is 2. The fraction of sp³-hybridized carbons (Fsp3) is 0. The van der Waals surface area contributed by atoms with Gasteiger partial charge in [0.25, 0.3) is 0 Å². The smallest absolute Gasteiger partial charge is 0.185 e. The average Bonchev–Trinajstić information content (AvgIpc) is 2.41. The highest BCUT2D eigenvalue weighted by Crippen LogP contribution is 2.28. The first-order chi connectivity index (χ1) is 9.81. The second kappa shape index (κ2) is 5.65. The number of hydrogen-bond donors (Lipinski definition) is 2. The summed E-state index contributed by atoms with van der Waals surface area (Å²) in [6, 6.07) is 3.30. The van der Waals surface area contributed by atoms with Crippen molar-refractivity contribution in [2.45, 2.75) is 0 Å². The summed E-state index contributed by atoms with van der Waals surface area (Å²) in [5, 5.41) is 2.08. The lowest BCUT2D eigenvalue weighted by atomic mass is 10.2. The Kier molecular flexibility index (Phi) is 4.08. The van der Waals surface area contributed by atoms with Crippen molar-refractivity contribution in [1.29, 1.82) is 0 Å². The zero-order chi connectivity index (χ0) is 15.7. The molecule has 0 bridgehead atoms. The average molecular weight is 318 g/mol. The first kappa shape index (κ1) is 15.2. The molecular weight excluding hydrogens is 311 g/mol. The molecule has 0 fully saturated rings. The molecule has 8 heteroatoms. The minimum absolute atomic E-state index is 0.0677. The van der Waals surface area contributed by atoms with E-state index >= 15 is 0 Å². The van der Waals surface area contributed by atoms with E-state index in [0.717, 1.165) is 6.07 Å². The van der Waals surface area contributed by atoms with Crippen molar-refractivity contribution < 1.29 is 22.0 Å². The summed E-state index contributed by atoms with van der Waals surface area (Å²) in [6.45, 7) is 0. The highest BCUT2D eigenvalue weighted by molar-refractivity contribution is 7.80. The van der Waals surface area contributed by atoms with Gasteiger partial charge in [-0.2, -0.15) is 0 Å². The molecule has 0 atom stereocenters. The first-order valence-corrected chi connectivity index (χ1v) is 5.91. The molecule has 0 unspecified atom stereocenters. The number of benzene rings is 2. The zero-order valence-electron chi connectivity index (χ0n) is 10.2. The minimum Gasteiger partial charge on any atom is -0.389 e. The Hall–Kier alpha value is -2.22. The Bertz CT molecular complexity index is 707. The highest BCUT2D eigenvalue weighted by Gasteiger charge is 2.19. The zero-order valence-corrected chi connectivity index (χ0v) is 11.0. The normalized spacial score (nSPS) is 10.5. The monoisotopic (exact) mass is 318 g/mol. The third-order valence-corrected chi connectivity index (χ3v) is 2.84. The van der Waals surface area contributed by atoms with E-state index in [4.69, 9.17) is 5.73 Å². The maximum Gasteiger partial charge on any atom is 0.185 e. The number of halogens is 5. The third-order valence-electron chi connectivity index (χ3n) is 2.62. The van der Waals surface area contributed by atoms with Crippen LogP contribution in [-0.4, -0.2) is 4.99 Å². The number of hydrogen-bond acceptors (Lipinski definition) is 2. The van der Waals surface area contributed by atoms with Gasteiger partial charge in [0.05, 0.1) is 0 Å². The second-order valence-corrected chi connectivity index (χ2v) is 4.47. The Morgan fingerprint density at radius 2 is 1.48 bits per heavy atom. The van der Waals surface area contributed by atoms with Crippen molar-refractivity contribution in [2.24, 2.45) is 5.73 Å². The van der Waals surface area contributed by atoms with Crippen LogP contribution in [0.2, 0.25) is 0 Å². The lowest BCUT2D eigenvalue weighted by molar-refractivity contribution is 0.459. The Morgan fingerprint density at radius 3 is 1.95 bits per heavy atom. The molecule has 0 aliphatic rings. The minimum atomic E-state index is -1.62. The van der Waals surface area contributed by atoms with Crippen LogP contribution in [0.5, 0.6) is 0 Å². The van der Waals surface area contributed by atoms with Gasteiger partial charge in [0.1, 0.15) is 16.5 Å². The number of nitrogens with one attached hydrogen (secondary N) is 1. The molecule has 110 valence electrons. The molecule has 2 aromatic carbocycles. The van der Waals surface area contributed by atoms with Gasteiger partial charge < -0.3 is 11.1 Å². The molecular formula is C13H7F5N2S. The molecule has 2 aromatic rings. The van der Waals surface area contributed by atoms with Crippen LogP contribution in [0.15, 0.2) is 24.3 Å². The summed E-state index contributed by atoms with van der Waals surface area (Å²) in [5.74, 6) is -7.22. The molecule has 21 heavy (non-hydrogen) atoms. The largest absolute Gasteiger partial charge is 0.389 e. The van der Waals surface area contributed by atoms with Crippen molar-refractivity contribution in [3.63, 3.8) is 0 Å². The van der Waals surface area contributed by atoms with Gasteiger partial charge in [-0.15, -0.1) is 0 Å². The molecule has 0 heterocycles. The van der Waals surface area contributed by atoms with Crippen molar-refractivity contribution >= 4 is 28.6 Å². The molecule has 0 radical (unpaired) electrons. The highest BCUT2D eigenvalue weighted by atomic mass is 32.1. The van der Waals surface area contributed by atoms with Crippen LogP contribution < -0.4 is 11.1 Å². The standard InChI is InChI=1S/C13H7F5N2S/c14-7-3-5(1-2-6(7)13(19)21)20-12-10(17)8(15)4-9(16)11(12)18/h1-4,20H,(H2,19,21). The quantitative estimate of drug-likeness (QED) is 0.514. The van der Waals surface area contributed by atoms with E-state index in [9.17, 15) is 22.0 Å².